The summed E-state index contributed by atoms with van der Waals surface area (Å²) in [5, 5.41) is 0. The summed E-state index contributed by atoms with van der Waals surface area (Å²) in [7, 11) is 0. The molecule has 0 spiro atoms. The van der Waals surface area contributed by atoms with Crippen molar-refractivity contribution in [3.8, 4) is 0 Å². The van der Waals surface area contributed by atoms with Gasteiger partial charge in [0.25, 0.3) is 0 Å². The average molecular weight is 217 g/mol. The molecule has 0 radical (unpaired) electrons. The minimum atomic E-state index is 0.609. The number of para-hydroxylation sites is 1. The van der Waals surface area contributed by atoms with Crippen LogP contribution in [-0.4, -0.2) is 0 Å². The van der Waals surface area contributed by atoms with Gasteiger partial charge in [-0.25, -0.2) is 0 Å². The quantitative estimate of drug-likeness (QED) is 0.656. The Hall–Kier alpha value is -0.700. The number of hydrogen-bond acceptors (Lipinski definition) is 2. The Labute approximate surface area is 75.7 Å². The lowest BCUT2D eigenvalue weighted by atomic mass is 10.3. The van der Waals surface area contributed by atoms with Crippen LogP contribution < -0.4 is 11.5 Å². The molecule has 4 N–H and O–H groups in total. The molecular formula is C8H13BrN2. The molecule has 0 aliphatic carbocycles. The Kier molecular flexibility index (Phi) is 4.70. The fraction of sp³-hybridized carbons (Fsp3) is 0.250. The van der Waals surface area contributed by atoms with Crippen LogP contribution in [0.3, 0.4) is 0 Å². The van der Waals surface area contributed by atoms with Crippen LogP contribution in [0.4, 0.5) is 11.4 Å². The fourth-order valence-corrected chi connectivity index (χ4v) is 0.935. The van der Waals surface area contributed by atoms with E-state index < -0.39 is 0 Å². The molecule has 0 heterocycles. The Morgan fingerprint density at radius 1 is 1.18 bits per heavy atom. The molecular weight excluding hydrogens is 204 g/mol. The van der Waals surface area contributed by atoms with E-state index in [1.54, 1.807) is 6.07 Å². The first kappa shape index (κ1) is 10.3. The third-order valence-corrected chi connectivity index (χ3v) is 1.78. The van der Waals surface area contributed by atoms with E-state index >= 15 is 0 Å². The molecule has 0 saturated carbocycles. The highest BCUT2D eigenvalue weighted by atomic mass is 79.9. The van der Waals surface area contributed by atoms with Gasteiger partial charge >= 0.3 is 0 Å². The molecule has 1 aromatic carbocycles. The summed E-state index contributed by atoms with van der Waals surface area (Å²) >= 11 is 3.24. The maximum Gasteiger partial charge on any atom is 0.0692 e. The van der Waals surface area contributed by atoms with Crippen molar-refractivity contribution >= 4 is 27.3 Å². The van der Waals surface area contributed by atoms with Crippen LogP contribution in [0.1, 0.15) is 13.8 Å². The van der Waals surface area contributed by atoms with E-state index in [0.717, 1.165) is 4.47 Å². The van der Waals surface area contributed by atoms with Gasteiger partial charge in [-0.3, -0.25) is 0 Å². The van der Waals surface area contributed by atoms with Crippen molar-refractivity contribution in [3.63, 3.8) is 0 Å². The van der Waals surface area contributed by atoms with Gasteiger partial charge in [-0.2, -0.15) is 0 Å². The molecule has 0 atom stereocenters. The smallest absolute Gasteiger partial charge is 0.0692 e. The molecule has 11 heavy (non-hydrogen) atoms. The summed E-state index contributed by atoms with van der Waals surface area (Å²) in [6, 6.07) is 5.46. The molecule has 3 heteroatoms. The predicted molar refractivity (Wildman–Crippen MR) is 54.3 cm³/mol. The molecule has 0 aromatic heterocycles. The maximum atomic E-state index is 5.51. The van der Waals surface area contributed by atoms with Crippen molar-refractivity contribution in [2.75, 3.05) is 11.5 Å². The third kappa shape index (κ3) is 2.80. The van der Waals surface area contributed by atoms with Gasteiger partial charge in [-0.1, -0.05) is 19.9 Å². The zero-order valence-electron chi connectivity index (χ0n) is 6.76. The van der Waals surface area contributed by atoms with Crippen molar-refractivity contribution in [2.45, 2.75) is 13.8 Å². The fourth-order valence-electron chi connectivity index (χ4n) is 0.554. The SMILES string of the molecule is CC.Nc1cccc(Br)c1N. The second-order valence-corrected chi connectivity index (χ2v) is 2.60. The number of rotatable bonds is 0. The van der Waals surface area contributed by atoms with Crippen molar-refractivity contribution in [1.29, 1.82) is 0 Å². The lowest BCUT2D eigenvalue weighted by Crippen LogP contribution is -1.93. The van der Waals surface area contributed by atoms with Crippen LogP contribution in [0.25, 0.3) is 0 Å². The Bertz CT molecular complexity index is 203. The van der Waals surface area contributed by atoms with Crippen LogP contribution in [-0.2, 0) is 0 Å². The van der Waals surface area contributed by atoms with Gasteiger partial charge in [0.2, 0.25) is 0 Å². The summed E-state index contributed by atoms with van der Waals surface area (Å²) in [6.45, 7) is 4.00. The number of hydrogen-bond donors (Lipinski definition) is 2. The molecule has 62 valence electrons. The van der Waals surface area contributed by atoms with Gasteiger partial charge in [-0.15, -0.1) is 0 Å². The van der Waals surface area contributed by atoms with Gasteiger partial charge in [-0.05, 0) is 28.1 Å². The molecule has 0 amide bonds. The third-order valence-electron chi connectivity index (χ3n) is 1.09. The first-order valence-corrected chi connectivity index (χ1v) is 4.30. The summed E-state index contributed by atoms with van der Waals surface area (Å²) in [5.74, 6) is 0. The molecule has 0 saturated heterocycles. The standard InChI is InChI=1S/C6H7BrN2.C2H6/c7-4-2-1-3-5(8)6(4)9;1-2/h1-3H,8-9H2;1-2H3. The summed E-state index contributed by atoms with van der Waals surface area (Å²) in [6.07, 6.45) is 0. The summed E-state index contributed by atoms with van der Waals surface area (Å²) < 4.78 is 0.850. The number of nitrogen functional groups attached to an aromatic ring is 2. The highest BCUT2D eigenvalue weighted by Crippen LogP contribution is 2.23. The van der Waals surface area contributed by atoms with Crippen LogP contribution >= 0.6 is 15.9 Å². The zero-order valence-corrected chi connectivity index (χ0v) is 8.35. The maximum absolute atomic E-state index is 5.51. The topological polar surface area (TPSA) is 52.0 Å². The van der Waals surface area contributed by atoms with Crippen LogP contribution in [0.5, 0.6) is 0 Å². The van der Waals surface area contributed by atoms with E-state index in [1.165, 1.54) is 0 Å². The summed E-state index contributed by atoms with van der Waals surface area (Å²) in [4.78, 5) is 0. The minimum absolute atomic E-state index is 0.609. The van der Waals surface area contributed by atoms with Crippen molar-refractivity contribution in [1.82, 2.24) is 0 Å². The zero-order chi connectivity index (χ0) is 8.85. The normalized spacial score (nSPS) is 8.27. The Morgan fingerprint density at radius 2 is 1.73 bits per heavy atom. The highest BCUT2D eigenvalue weighted by molar-refractivity contribution is 9.10. The summed E-state index contributed by atoms with van der Waals surface area (Å²) in [5.41, 5.74) is 12.2. The molecule has 0 fully saturated rings. The van der Waals surface area contributed by atoms with Crippen LogP contribution in [0.2, 0.25) is 0 Å². The van der Waals surface area contributed by atoms with E-state index in [1.807, 2.05) is 26.0 Å². The number of nitrogens with two attached hydrogens (primary N) is 2. The molecule has 0 aliphatic heterocycles. The van der Waals surface area contributed by atoms with E-state index in [4.69, 9.17) is 11.5 Å². The molecule has 2 nitrogen and oxygen atoms in total. The van der Waals surface area contributed by atoms with Crippen molar-refractivity contribution < 1.29 is 0 Å². The van der Waals surface area contributed by atoms with E-state index in [0.29, 0.717) is 11.4 Å². The van der Waals surface area contributed by atoms with Crippen molar-refractivity contribution in [2.24, 2.45) is 0 Å². The lowest BCUT2D eigenvalue weighted by Gasteiger charge is -1.99. The largest absolute Gasteiger partial charge is 0.397 e. The first-order valence-electron chi connectivity index (χ1n) is 3.51. The molecule has 0 aliphatic rings. The van der Waals surface area contributed by atoms with E-state index in [-0.39, 0.29) is 0 Å². The van der Waals surface area contributed by atoms with Gasteiger partial charge in [0, 0.05) is 4.47 Å². The van der Waals surface area contributed by atoms with Gasteiger partial charge in [0.1, 0.15) is 0 Å². The molecule has 1 aromatic rings. The number of benzene rings is 1. The number of anilines is 2. The number of halogens is 1. The molecule has 1 rings (SSSR count). The molecule has 0 unspecified atom stereocenters. The average Bonchev–Trinajstić information content (AvgIpc) is 2.04. The van der Waals surface area contributed by atoms with Gasteiger partial charge in [0.15, 0.2) is 0 Å². The van der Waals surface area contributed by atoms with Gasteiger partial charge < -0.3 is 11.5 Å². The Morgan fingerprint density at radius 3 is 2.09 bits per heavy atom. The first-order chi connectivity index (χ1) is 5.22. The highest BCUT2D eigenvalue weighted by Gasteiger charge is 1.95. The minimum Gasteiger partial charge on any atom is -0.397 e. The Balaban J connectivity index is 0.000000461. The second kappa shape index (κ2) is 5.02. The second-order valence-electron chi connectivity index (χ2n) is 1.74. The van der Waals surface area contributed by atoms with Crippen molar-refractivity contribution in [3.05, 3.63) is 22.7 Å². The molecule has 0 bridgehead atoms. The van der Waals surface area contributed by atoms with Crippen LogP contribution in [0.15, 0.2) is 22.7 Å². The van der Waals surface area contributed by atoms with E-state index in [9.17, 15) is 0 Å². The van der Waals surface area contributed by atoms with Crippen LogP contribution in [0, 0.1) is 0 Å². The van der Waals surface area contributed by atoms with Gasteiger partial charge in [0.05, 0.1) is 11.4 Å². The van der Waals surface area contributed by atoms with E-state index in [2.05, 4.69) is 15.9 Å². The lowest BCUT2D eigenvalue weighted by molar-refractivity contribution is 1.50. The predicted octanol–water partition coefficient (Wildman–Crippen LogP) is 2.64. The monoisotopic (exact) mass is 216 g/mol.